The molecule has 0 aromatic rings. The molecule has 2 aliphatic rings. The fraction of sp³-hybridized carbons (Fsp3) is 1.00. The highest BCUT2D eigenvalue weighted by molar-refractivity contribution is 8.77. The van der Waals surface area contributed by atoms with Gasteiger partial charge in [0.2, 0.25) is 0 Å². The normalized spacial score (nSPS) is 25.5. The smallest absolute Gasteiger partial charge is 0.0250 e. The number of hydrogen-bond donors (Lipinski definition) is 0. The Morgan fingerprint density at radius 1 is 0.650 bits per heavy atom. The molecule has 4 heteroatoms. The molecule has 2 nitrogen and oxygen atoms in total. The third kappa shape index (κ3) is 6.59. The first-order chi connectivity index (χ1) is 9.74. The van der Waals surface area contributed by atoms with Crippen molar-refractivity contribution in [3.8, 4) is 0 Å². The Bertz CT molecular complexity index is 225. The van der Waals surface area contributed by atoms with Gasteiger partial charge < -0.3 is 9.80 Å². The zero-order valence-corrected chi connectivity index (χ0v) is 15.0. The monoisotopic (exact) mass is 316 g/mol. The van der Waals surface area contributed by atoms with Gasteiger partial charge in [0.1, 0.15) is 0 Å². The van der Waals surface area contributed by atoms with Gasteiger partial charge in [-0.1, -0.05) is 48.3 Å². The molecule has 2 heterocycles. The molecule has 0 bridgehead atoms. The molecule has 0 spiro atoms. The van der Waals surface area contributed by atoms with E-state index in [1.807, 2.05) is 0 Å². The van der Waals surface area contributed by atoms with Crippen LogP contribution in [0.15, 0.2) is 0 Å². The van der Waals surface area contributed by atoms with Gasteiger partial charge in [-0.15, -0.1) is 0 Å². The molecule has 118 valence electrons. The molecule has 0 N–H and O–H groups in total. The van der Waals surface area contributed by atoms with E-state index in [1.54, 1.807) is 0 Å². The molecule has 2 rings (SSSR count). The average Bonchev–Trinajstić information content (AvgIpc) is 2.47. The van der Waals surface area contributed by atoms with Gasteiger partial charge in [0.05, 0.1) is 0 Å². The molecule has 0 amide bonds. The number of hydrogen-bond acceptors (Lipinski definition) is 4. The summed E-state index contributed by atoms with van der Waals surface area (Å²) >= 11 is 0. The van der Waals surface area contributed by atoms with E-state index in [4.69, 9.17) is 0 Å². The molecule has 2 aliphatic heterocycles. The summed E-state index contributed by atoms with van der Waals surface area (Å²) in [5, 5.41) is 1.53. The summed E-state index contributed by atoms with van der Waals surface area (Å²) in [6.45, 7) is 12.7. The van der Waals surface area contributed by atoms with E-state index in [9.17, 15) is 0 Å². The van der Waals surface area contributed by atoms with Crippen LogP contribution in [0, 0.1) is 0 Å². The van der Waals surface area contributed by atoms with Crippen molar-refractivity contribution in [2.75, 3.05) is 39.3 Å². The van der Waals surface area contributed by atoms with Crippen molar-refractivity contribution < 1.29 is 0 Å². The molecular weight excluding hydrogens is 284 g/mol. The zero-order valence-electron chi connectivity index (χ0n) is 13.4. The minimum absolute atomic E-state index is 0.766. The maximum absolute atomic E-state index is 2.66. The summed E-state index contributed by atoms with van der Waals surface area (Å²) in [7, 11) is 4.23. The third-order valence-electron chi connectivity index (χ3n) is 4.31. The molecular formula is C16H32N2S2. The molecule has 0 radical (unpaired) electrons. The first kappa shape index (κ1) is 17.0. The van der Waals surface area contributed by atoms with Crippen LogP contribution in [-0.4, -0.2) is 59.6 Å². The van der Waals surface area contributed by atoms with Crippen LogP contribution in [0.4, 0.5) is 0 Å². The number of rotatable bonds is 7. The van der Waals surface area contributed by atoms with Crippen molar-refractivity contribution in [2.24, 2.45) is 0 Å². The van der Waals surface area contributed by atoms with E-state index in [0.29, 0.717) is 0 Å². The van der Waals surface area contributed by atoms with Crippen LogP contribution in [0.5, 0.6) is 0 Å². The summed E-state index contributed by atoms with van der Waals surface area (Å²) in [5.41, 5.74) is 0. The Morgan fingerprint density at radius 3 is 1.35 bits per heavy atom. The van der Waals surface area contributed by atoms with Gasteiger partial charge in [-0.05, 0) is 51.9 Å². The molecule has 20 heavy (non-hydrogen) atoms. The summed E-state index contributed by atoms with van der Waals surface area (Å²) in [6.07, 6.45) is 8.54. The minimum Gasteiger partial charge on any atom is -0.302 e. The summed E-state index contributed by atoms with van der Waals surface area (Å²) in [5.74, 6) is 0. The topological polar surface area (TPSA) is 6.48 Å². The van der Waals surface area contributed by atoms with Gasteiger partial charge in [-0.25, -0.2) is 0 Å². The van der Waals surface area contributed by atoms with Crippen molar-refractivity contribution in [2.45, 2.75) is 62.9 Å². The predicted molar refractivity (Wildman–Crippen MR) is 94.7 cm³/mol. The first-order valence-corrected chi connectivity index (χ1v) is 10.8. The number of piperidine rings is 2. The van der Waals surface area contributed by atoms with Crippen LogP contribution in [0.2, 0.25) is 0 Å². The zero-order chi connectivity index (χ0) is 14.2. The van der Waals surface area contributed by atoms with E-state index in [1.165, 1.54) is 77.8 Å². The Balaban J connectivity index is 1.55. The maximum Gasteiger partial charge on any atom is 0.0250 e. The van der Waals surface area contributed by atoms with Crippen LogP contribution < -0.4 is 0 Å². The van der Waals surface area contributed by atoms with Crippen LogP contribution in [0.3, 0.4) is 0 Å². The molecule has 0 aromatic heterocycles. The van der Waals surface area contributed by atoms with Crippen molar-refractivity contribution in [1.82, 2.24) is 9.80 Å². The molecule has 2 atom stereocenters. The Labute approximate surface area is 133 Å². The van der Waals surface area contributed by atoms with Crippen LogP contribution in [-0.2, 0) is 0 Å². The lowest BCUT2D eigenvalue weighted by Crippen LogP contribution is -2.35. The highest BCUT2D eigenvalue weighted by atomic mass is 33.1. The van der Waals surface area contributed by atoms with Crippen LogP contribution in [0.1, 0.15) is 52.4 Å². The SMILES string of the molecule is C[C@@H](CN1CCCCC1)SS[C@@H](C)CN1CCCCC1. The predicted octanol–water partition coefficient (Wildman–Crippen LogP) is 4.12. The van der Waals surface area contributed by atoms with E-state index in [2.05, 4.69) is 45.2 Å². The van der Waals surface area contributed by atoms with E-state index in [0.717, 1.165) is 10.5 Å². The van der Waals surface area contributed by atoms with Gasteiger partial charge in [-0.3, -0.25) is 0 Å². The highest BCUT2D eigenvalue weighted by Gasteiger charge is 2.17. The minimum atomic E-state index is 0.766. The van der Waals surface area contributed by atoms with Crippen molar-refractivity contribution >= 4 is 21.6 Å². The Morgan fingerprint density at radius 2 is 1.00 bits per heavy atom. The summed E-state index contributed by atoms with van der Waals surface area (Å²) in [4.78, 5) is 5.33. The first-order valence-electron chi connectivity index (χ1n) is 8.51. The number of nitrogens with zero attached hydrogens (tertiary/aromatic N) is 2. The van der Waals surface area contributed by atoms with Gasteiger partial charge in [0.25, 0.3) is 0 Å². The van der Waals surface area contributed by atoms with Crippen molar-refractivity contribution in [1.29, 1.82) is 0 Å². The van der Waals surface area contributed by atoms with Gasteiger partial charge in [-0.2, -0.15) is 0 Å². The number of likely N-dealkylation sites (tertiary alicyclic amines) is 2. The Hall–Kier alpha value is 0.620. The van der Waals surface area contributed by atoms with Crippen LogP contribution >= 0.6 is 21.6 Å². The second-order valence-corrected chi connectivity index (χ2v) is 9.69. The highest BCUT2D eigenvalue weighted by Crippen LogP contribution is 2.32. The van der Waals surface area contributed by atoms with Crippen molar-refractivity contribution in [3.05, 3.63) is 0 Å². The van der Waals surface area contributed by atoms with Gasteiger partial charge in [0, 0.05) is 23.6 Å². The molecule has 0 aromatic carbocycles. The maximum atomic E-state index is 2.66. The Kier molecular flexibility index (Phi) is 8.15. The molecule has 0 saturated carbocycles. The second kappa shape index (κ2) is 9.60. The summed E-state index contributed by atoms with van der Waals surface area (Å²) in [6, 6.07) is 0. The van der Waals surface area contributed by atoms with E-state index in [-0.39, 0.29) is 0 Å². The molecule has 0 aliphatic carbocycles. The van der Waals surface area contributed by atoms with Crippen LogP contribution in [0.25, 0.3) is 0 Å². The van der Waals surface area contributed by atoms with E-state index < -0.39 is 0 Å². The lowest BCUT2D eigenvalue weighted by Gasteiger charge is -2.30. The van der Waals surface area contributed by atoms with Gasteiger partial charge in [0.15, 0.2) is 0 Å². The molecule has 2 fully saturated rings. The quantitative estimate of drug-likeness (QED) is 0.652. The average molecular weight is 317 g/mol. The lowest BCUT2D eigenvalue weighted by atomic mass is 10.1. The standard InChI is InChI=1S/C16H32N2S2/c1-15(13-17-9-5-3-6-10-17)19-20-16(2)14-18-11-7-4-8-12-18/h15-16H,3-14H2,1-2H3/t15-,16-/m0/s1. The molecule has 0 unspecified atom stereocenters. The van der Waals surface area contributed by atoms with Gasteiger partial charge >= 0.3 is 0 Å². The lowest BCUT2D eigenvalue weighted by molar-refractivity contribution is 0.231. The fourth-order valence-corrected chi connectivity index (χ4v) is 5.69. The summed E-state index contributed by atoms with van der Waals surface area (Å²) < 4.78 is 0. The van der Waals surface area contributed by atoms with E-state index >= 15 is 0 Å². The third-order valence-corrected chi connectivity index (χ3v) is 7.68. The largest absolute Gasteiger partial charge is 0.302 e. The molecule has 2 saturated heterocycles. The second-order valence-electron chi connectivity index (χ2n) is 6.54. The van der Waals surface area contributed by atoms with Crippen molar-refractivity contribution in [3.63, 3.8) is 0 Å². The fourth-order valence-electron chi connectivity index (χ4n) is 3.26.